The van der Waals surface area contributed by atoms with Crippen LogP contribution in [0.4, 0.5) is 5.82 Å². The van der Waals surface area contributed by atoms with Crippen LogP contribution in [0, 0.1) is 0 Å². The molecule has 2 heterocycles. The summed E-state index contributed by atoms with van der Waals surface area (Å²) >= 11 is 14.0. The van der Waals surface area contributed by atoms with Crippen LogP contribution in [0.2, 0.25) is 10.0 Å². The zero-order valence-corrected chi connectivity index (χ0v) is 18.7. The lowest BCUT2D eigenvalue weighted by Gasteiger charge is -2.23. The molecule has 3 nitrogen and oxygen atoms in total. The molecule has 1 N–H and O–H groups in total. The molecule has 1 aliphatic carbocycles. The van der Waals surface area contributed by atoms with E-state index in [9.17, 15) is 0 Å². The molecule has 152 valence electrons. The summed E-state index contributed by atoms with van der Waals surface area (Å²) in [5.41, 5.74) is 3.38. The number of anilines is 1. The van der Waals surface area contributed by atoms with Gasteiger partial charge < -0.3 is 5.32 Å². The van der Waals surface area contributed by atoms with Crippen molar-refractivity contribution in [1.29, 1.82) is 0 Å². The highest BCUT2D eigenvalue weighted by Crippen LogP contribution is 2.46. The minimum Gasteiger partial charge on any atom is -0.367 e. The molecule has 0 aliphatic heterocycles. The van der Waals surface area contributed by atoms with Crippen molar-refractivity contribution in [3.63, 3.8) is 0 Å². The van der Waals surface area contributed by atoms with E-state index in [1.807, 2.05) is 24.3 Å². The van der Waals surface area contributed by atoms with Gasteiger partial charge in [0, 0.05) is 26.5 Å². The number of aromatic nitrogens is 2. The summed E-state index contributed by atoms with van der Waals surface area (Å²) in [6.07, 6.45) is 7.92. The Kier molecular flexibility index (Phi) is 5.64. The fourth-order valence-corrected chi connectivity index (χ4v) is 5.60. The molecule has 30 heavy (non-hydrogen) atoms. The normalized spacial score (nSPS) is 14.9. The second-order valence-corrected chi connectivity index (χ2v) is 9.57. The average Bonchev–Trinajstić information content (AvgIpc) is 3.16. The smallest absolute Gasteiger partial charge is 0.139 e. The third-order valence-corrected chi connectivity index (χ3v) is 7.32. The summed E-state index contributed by atoms with van der Waals surface area (Å²) in [6, 6.07) is 16.5. The predicted octanol–water partition coefficient (Wildman–Crippen LogP) is 8.08. The first-order chi connectivity index (χ1) is 14.7. The van der Waals surface area contributed by atoms with Crippen LogP contribution in [0.5, 0.6) is 0 Å². The lowest BCUT2D eigenvalue weighted by atomic mass is 9.95. The van der Waals surface area contributed by atoms with Gasteiger partial charge in [-0.3, -0.25) is 0 Å². The molecule has 0 amide bonds. The van der Waals surface area contributed by atoms with Crippen molar-refractivity contribution in [2.45, 2.75) is 38.1 Å². The molecule has 0 bridgehead atoms. The van der Waals surface area contributed by atoms with Crippen LogP contribution >= 0.6 is 34.5 Å². The van der Waals surface area contributed by atoms with E-state index >= 15 is 0 Å². The maximum atomic E-state index is 6.18. The zero-order valence-electron chi connectivity index (χ0n) is 16.4. The second kappa shape index (κ2) is 8.54. The Labute approximate surface area is 190 Å². The number of nitrogens with zero attached hydrogens (tertiary/aromatic N) is 2. The van der Waals surface area contributed by atoms with Gasteiger partial charge in [-0.2, -0.15) is 0 Å². The van der Waals surface area contributed by atoms with Gasteiger partial charge in [0.05, 0.1) is 5.39 Å². The number of halogens is 2. The van der Waals surface area contributed by atoms with Crippen LogP contribution in [0.25, 0.3) is 31.8 Å². The maximum absolute atomic E-state index is 6.18. The lowest BCUT2D eigenvalue weighted by Crippen LogP contribution is -2.22. The molecular weight excluding hydrogens is 433 g/mol. The number of hydrogen-bond donors (Lipinski definition) is 1. The minimum atomic E-state index is 0.466. The van der Waals surface area contributed by atoms with Gasteiger partial charge in [-0.05, 0) is 48.2 Å². The van der Waals surface area contributed by atoms with Gasteiger partial charge in [0.2, 0.25) is 0 Å². The molecule has 0 unspecified atom stereocenters. The highest BCUT2D eigenvalue weighted by Gasteiger charge is 2.22. The molecule has 0 saturated heterocycles. The quantitative estimate of drug-likeness (QED) is 0.339. The molecule has 0 spiro atoms. The zero-order chi connectivity index (χ0) is 20.5. The van der Waals surface area contributed by atoms with Crippen molar-refractivity contribution in [3.05, 3.63) is 64.9 Å². The van der Waals surface area contributed by atoms with Crippen LogP contribution in [0.3, 0.4) is 0 Å². The van der Waals surface area contributed by atoms with Crippen molar-refractivity contribution in [2.75, 3.05) is 5.32 Å². The average molecular weight is 454 g/mol. The Morgan fingerprint density at radius 3 is 2.10 bits per heavy atom. The van der Waals surface area contributed by atoms with Crippen molar-refractivity contribution >= 4 is 50.6 Å². The summed E-state index contributed by atoms with van der Waals surface area (Å²) in [4.78, 5) is 11.4. The van der Waals surface area contributed by atoms with Crippen molar-refractivity contribution in [3.8, 4) is 21.6 Å². The highest BCUT2D eigenvalue weighted by molar-refractivity contribution is 7.22. The molecule has 6 heteroatoms. The van der Waals surface area contributed by atoms with E-state index in [2.05, 4.69) is 39.6 Å². The van der Waals surface area contributed by atoms with Crippen molar-refractivity contribution < 1.29 is 0 Å². The highest BCUT2D eigenvalue weighted by atomic mass is 35.5. The van der Waals surface area contributed by atoms with Crippen LogP contribution < -0.4 is 5.32 Å². The summed E-state index contributed by atoms with van der Waals surface area (Å²) in [5.74, 6) is 0.924. The van der Waals surface area contributed by atoms with E-state index in [0.717, 1.165) is 47.6 Å². The molecule has 4 aromatic rings. The second-order valence-electron chi connectivity index (χ2n) is 7.70. The van der Waals surface area contributed by atoms with Crippen LogP contribution in [-0.2, 0) is 0 Å². The number of thiophene rings is 1. The molecule has 1 saturated carbocycles. The molecule has 0 atom stereocenters. The molecule has 2 aromatic carbocycles. The van der Waals surface area contributed by atoms with Crippen molar-refractivity contribution in [1.82, 2.24) is 9.97 Å². The van der Waals surface area contributed by atoms with Gasteiger partial charge in [-0.15, -0.1) is 11.3 Å². The first-order valence-corrected chi connectivity index (χ1v) is 11.8. The summed E-state index contributed by atoms with van der Waals surface area (Å²) in [6.45, 7) is 0. The minimum absolute atomic E-state index is 0.466. The van der Waals surface area contributed by atoms with E-state index in [0.29, 0.717) is 6.04 Å². The van der Waals surface area contributed by atoms with Crippen LogP contribution in [0.15, 0.2) is 54.9 Å². The van der Waals surface area contributed by atoms with E-state index < -0.39 is 0 Å². The van der Waals surface area contributed by atoms with E-state index in [4.69, 9.17) is 23.2 Å². The number of fused-ring (bicyclic) bond motifs is 1. The van der Waals surface area contributed by atoms with Gasteiger partial charge in [-0.1, -0.05) is 66.7 Å². The monoisotopic (exact) mass is 453 g/mol. The Morgan fingerprint density at radius 1 is 0.800 bits per heavy atom. The van der Waals surface area contributed by atoms with Gasteiger partial charge in [-0.25, -0.2) is 9.97 Å². The molecule has 0 radical (unpaired) electrons. The van der Waals surface area contributed by atoms with E-state index in [1.165, 1.54) is 32.1 Å². The largest absolute Gasteiger partial charge is 0.367 e. The number of hydrogen-bond acceptors (Lipinski definition) is 4. The first kappa shape index (κ1) is 19.8. The SMILES string of the molecule is Clc1ccc(-c2sc3ncnc(NC4CCCCC4)c3c2-c2ccc(Cl)cc2)cc1. The summed E-state index contributed by atoms with van der Waals surface area (Å²) in [7, 11) is 0. The van der Waals surface area contributed by atoms with Gasteiger partial charge in [0.1, 0.15) is 17.0 Å². The molecule has 1 fully saturated rings. The van der Waals surface area contributed by atoms with E-state index in [-0.39, 0.29) is 0 Å². The van der Waals surface area contributed by atoms with Gasteiger partial charge in [0.25, 0.3) is 0 Å². The Bertz CT molecular complexity index is 1160. The molecule has 2 aromatic heterocycles. The Morgan fingerprint density at radius 2 is 1.43 bits per heavy atom. The standard InChI is InChI=1S/C24H21Cl2N3S/c25-17-10-6-15(7-11-17)20-21-23(29-19-4-2-1-3-5-19)27-14-28-24(21)30-22(20)16-8-12-18(26)13-9-16/h6-14,19H,1-5H2,(H,27,28,29). The number of rotatable bonds is 4. The Balaban J connectivity index is 1.71. The fraction of sp³-hybridized carbons (Fsp3) is 0.250. The van der Waals surface area contributed by atoms with E-state index in [1.54, 1.807) is 17.7 Å². The molecule has 1 aliphatic rings. The predicted molar refractivity (Wildman–Crippen MR) is 129 cm³/mol. The van der Waals surface area contributed by atoms with Crippen molar-refractivity contribution in [2.24, 2.45) is 0 Å². The maximum Gasteiger partial charge on any atom is 0.139 e. The van der Waals surface area contributed by atoms with Crippen LogP contribution in [0.1, 0.15) is 32.1 Å². The third-order valence-electron chi connectivity index (χ3n) is 5.67. The summed E-state index contributed by atoms with van der Waals surface area (Å²) in [5, 5.41) is 6.27. The first-order valence-electron chi connectivity index (χ1n) is 10.2. The van der Waals surface area contributed by atoms with Gasteiger partial charge in [0.15, 0.2) is 0 Å². The topological polar surface area (TPSA) is 37.8 Å². The number of benzene rings is 2. The molecular formula is C24H21Cl2N3S. The number of nitrogens with one attached hydrogen (secondary N) is 1. The lowest BCUT2D eigenvalue weighted by molar-refractivity contribution is 0.462. The van der Waals surface area contributed by atoms with Gasteiger partial charge >= 0.3 is 0 Å². The van der Waals surface area contributed by atoms with Crippen LogP contribution in [-0.4, -0.2) is 16.0 Å². The summed E-state index contributed by atoms with van der Waals surface area (Å²) < 4.78 is 0. The third kappa shape index (κ3) is 3.92. The Hall–Kier alpha value is -2.14. The molecule has 5 rings (SSSR count). The fourth-order valence-electron chi connectivity index (χ4n) is 4.18.